The van der Waals surface area contributed by atoms with Crippen LogP contribution in [0.5, 0.6) is 0 Å². The molecule has 0 aliphatic heterocycles. The number of nitrogens with one attached hydrogen (secondary N) is 1. The van der Waals surface area contributed by atoms with Crippen LogP contribution in [0.3, 0.4) is 0 Å². The minimum atomic E-state index is 0. The Balaban J connectivity index is 0.000000640. The van der Waals surface area contributed by atoms with Crippen LogP contribution in [0.25, 0.3) is 0 Å². The fraction of sp³-hybridized carbons (Fsp3) is 0.500. The maximum atomic E-state index is 5.41. The molecular weight excluding hydrogens is 161 g/mol. The summed E-state index contributed by atoms with van der Waals surface area (Å²) in [5.74, 6) is 1.44. The topological polar surface area (TPSA) is 41.6 Å². The Kier molecular flexibility index (Phi) is 4.44. The van der Waals surface area contributed by atoms with Crippen molar-refractivity contribution in [1.82, 2.24) is 15.2 Å². The summed E-state index contributed by atoms with van der Waals surface area (Å²) in [5, 5.41) is 6.34. The molecule has 0 unspecified atom stereocenters. The van der Waals surface area contributed by atoms with Gasteiger partial charge < -0.3 is 0 Å². The largest absolute Gasteiger partial charge is 0.263 e. The number of alkyl halides is 1. The predicted molar refractivity (Wildman–Crippen MR) is 38.1 cm³/mol. The summed E-state index contributed by atoms with van der Waals surface area (Å²) < 4.78 is 0. The van der Waals surface area contributed by atoms with Gasteiger partial charge in [-0.1, -0.05) is 0 Å². The number of aromatic amines is 1. The molecule has 52 valence electrons. The van der Waals surface area contributed by atoms with Crippen LogP contribution in [0, 0.1) is 0 Å². The van der Waals surface area contributed by atoms with Gasteiger partial charge >= 0.3 is 0 Å². The number of aromatic nitrogens is 3. The highest BCUT2D eigenvalue weighted by atomic mass is 35.5. The van der Waals surface area contributed by atoms with Gasteiger partial charge in [0.1, 0.15) is 12.2 Å². The summed E-state index contributed by atoms with van der Waals surface area (Å²) >= 11 is 5.41. The summed E-state index contributed by atoms with van der Waals surface area (Å²) in [6.07, 6.45) is 2.24. The van der Waals surface area contributed by atoms with Gasteiger partial charge in [-0.05, 0) is 0 Å². The lowest BCUT2D eigenvalue weighted by Crippen LogP contribution is -1.87. The van der Waals surface area contributed by atoms with Crippen LogP contribution >= 0.6 is 24.0 Å². The first-order chi connectivity index (χ1) is 3.93. The number of halogens is 2. The van der Waals surface area contributed by atoms with Crippen molar-refractivity contribution in [2.75, 3.05) is 5.88 Å². The van der Waals surface area contributed by atoms with E-state index in [4.69, 9.17) is 11.6 Å². The van der Waals surface area contributed by atoms with Gasteiger partial charge in [-0.3, -0.25) is 5.10 Å². The first kappa shape index (κ1) is 8.72. The zero-order valence-electron chi connectivity index (χ0n) is 4.67. The summed E-state index contributed by atoms with van der Waals surface area (Å²) in [5.41, 5.74) is 0. The molecule has 3 nitrogen and oxygen atoms in total. The normalized spacial score (nSPS) is 8.56. The van der Waals surface area contributed by atoms with E-state index in [1.807, 2.05) is 0 Å². The van der Waals surface area contributed by atoms with Crippen molar-refractivity contribution in [1.29, 1.82) is 0 Å². The summed E-state index contributed by atoms with van der Waals surface area (Å²) in [6, 6.07) is 0. The molecule has 0 spiro atoms. The zero-order valence-corrected chi connectivity index (χ0v) is 6.24. The van der Waals surface area contributed by atoms with Crippen molar-refractivity contribution in [2.24, 2.45) is 0 Å². The van der Waals surface area contributed by atoms with E-state index in [-0.39, 0.29) is 12.4 Å². The first-order valence-corrected chi connectivity index (χ1v) is 2.87. The Morgan fingerprint density at radius 2 is 2.44 bits per heavy atom. The molecule has 0 saturated heterocycles. The van der Waals surface area contributed by atoms with E-state index in [1.54, 1.807) is 0 Å². The van der Waals surface area contributed by atoms with E-state index in [9.17, 15) is 0 Å². The van der Waals surface area contributed by atoms with Crippen LogP contribution in [0.2, 0.25) is 0 Å². The van der Waals surface area contributed by atoms with Crippen LogP contribution in [-0.2, 0) is 6.42 Å². The van der Waals surface area contributed by atoms with E-state index in [1.165, 1.54) is 6.33 Å². The van der Waals surface area contributed by atoms with Crippen molar-refractivity contribution in [2.45, 2.75) is 6.42 Å². The summed E-state index contributed by atoms with van der Waals surface area (Å²) in [7, 11) is 0. The molecule has 1 N–H and O–H groups in total. The highest BCUT2D eigenvalue weighted by Gasteiger charge is 1.89. The molecule has 0 saturated carbocycles. The minimum Gasteiger partial charge on any atom is -0.263 e. The average Bonchev–Trinajstić information content (AvgIpc) is 2.19. The smallest absolute Gasteiger partial charge is 0.137 e. The van der Waals surface area contributed by atoms with Crippen molar-refractivity contribution in [3.05, 3.63) is 12.2 Å². The van der Waals surface area contributed by atoms with Crippen LogP contribution in [0.1, 0.15) is 5.82 Å². The molecule has 1 rings (SSSR count). The third kappa shape index (κ3) is 2.67. The Hall–Kier alpha value is -0.280. The van der Waals surface area contributed by atoms with E-state index < -0.39 is 0 Å². The van der Waals surface area contributed by atoms with Crippen molar-refractivity contribution < 1.29 is 0 Å². The second kappa shape index (κ2) is 4.58. The third-order valence-corrected chi connectivity index (χ3v) is 0.985. The van der Waals surface area contributed by atoms with Crippen LogP contribution in [0.15, 0.2) is 6.33 Å². The SMILES string of the molecule is Cl.ClCCc1ncn[nH]1. The molecule has 0 aliphatic carbocycles. The van der Waals surface area contributed by atoms with Gasteiger partial charge in [-0.15, -0.1) is 24.0 Å². The van der Waals surface area contributed by atoms with E-state index in [2.05, 4.69) is 15.2 Å². The van der Waals surface area contributed by atoms with Gasteiger partial charge in [-0.2, -0.15) is 5.10 Å². The molecule has 0 fully saturated rings. The number of aryl methyl sites for hydroxylation is 1. The Morgan fingerprint density at radius 1 is 1.67 bits per heavy atom. The fourth-order valence-corrected chi connectivity index (χ4v) is 0.620. The molecule has 1 aromatic heterocycles. The number of nitrogens with zero attached hydrogens (tertiary/aromatic N) is 2. The van der Waals surface area contributed by atoms with Gasteiger partial charge in [0.05, 0.1) is 0 Å². The van der Waals surface area contributed by atoms with Gasteiger partial charge in [0.2, 0.25) is 0 Å². The molecule has 0 atom stereocenters. The highest BCUT2D eigenvalue weighted by Crippen LogP contribution is 1.88. The third-order valence-electron chi connectivity index (χ3n) is 0.796. The van der Waals surface area contributed by atoms with Gasteiger partial charge in [0.25, 0.3) is 0 Å². The monoisotopic (exact) mass is 167 g/mol. The zero-order chi connectivity index (χ0) is 5.82. The second-order valence-corrected chi connectivity index (χ2v) is 1.75. The fourth-order valence-electron chi connectivity index (χ4n) is 0.441. The van der Waals surface area contributed by atoms with Crippen molar-refractivity contribution in [3.63, 3.8) is 0 Å². The number of hydrogen-bond acceptors (Lipinski definition) is 2. The first-order valence-electron chi connectivity index (χ1n) is 2.33. The maximum absolute atomic E-state index is 5.41. The Bertz CT molecular complexity index is 140. The molecule has 1 aromatic rings. The van der Waals surface area contributed by atoms with Gasteiger partial charge in [0.15, 0.2) is 0 Å². The lowest BCUT2D eigenvalue weighted by Gasteiger charge is -1.83. The number of H-pyrrole nitrogens is 1. The highest BCUT2D eigenvalue weighted by molar-refractivity contribution is 6.17. The van der Waals surface area contributed by atoms with Crippen molar-refractivity contribution >= 4 is 24.0 Å². The Morgan fingerprint density at radius 3 is 2.89 bits per heavy atom. The second-order valence-electron chi connectivity index (χ2n) is 1.37. The molecule has 0 aliphatic rings. The molecule has 5 heteroatoms. The minimum absolute atomic E-state index is 0. The molecule has 1 heterocycles. The standard InChI is InChI=1S/C4H6ClN3.ClH/c5-2-1-4-6-3-7-8-4;/h3H,1-2H2,(H,6,7,8);1H. The lowest BCUT2D eigenvalue weighted by molar-refractivity contribution is 0.951. The van der Waals surface area contributed by atoms with Crippen molar-refractivity contribution in [3.8, 4) is 0 Å². The van der Waals surface area contributed by atoms with Gasteiger partial charge in [0, 0.05) is 12.3 Å². The summed E-state index contributed by atoms with van der Waals surface area (Å²) in [6.45, 7) is 0. The van der Waals surface area contributed by atoms with Gasteiger partial charge in [-0.25, -0.2) is 4.98 Å². The molecule has 9 heavy (non-hydrogen) atoms. The van der Waals surface area contributed by atoms with E-state index in [0.717, 1.165) is 12.2 Å². The quantitative estimate of drug-likeness (QED) is 0.669. The number of hydrogen-bond donors (Lipinski definition) is 1. The molecule has 0 amide bonds. The average molecular weight is 168 g/mol. The molecule has 0 radical (unpaired) electrons. The number of rotatable bonds is 2. The maximum Gasteiger partial charge on any atom is 0.137 e. The predicted octanol–water partition coefficient (Wildman–Crippen LogP) is 1.01. The van der Waals surface area contributed by atoms with Crippen LogP contribution in [0.4, 0.5) is 0 Å². The van der Waals surface area contributed by atoms with Crippen LogP contribution in [-0.4, -0.2) is 21.1 Å². The molecule has 0 aromatic carbocycles. The van der Waals surface area contributed by atoms with Crippen LogP contribution < -0.4 is 0 Å². The molecule has 0 bridgehead atoms. The molecular formula is C4H7Cl2N3. The summed E-state index contributed by atoms with van der Waals surface area (Å²) in [4.78, 5) is 3.85. The van der Waals surface area contributed by atoms with E-state index >= 15 is 0 Å². The lowest BCUT2D eigenvalue weighted by atomic mass is 10.5. The van der Waals surface area contributed by atoms with E-state index in [0.29, 0.717) is 5.88 Å². The Labute approximate surface area is 64.2 Å².